The highest BCUT2D eigenvalue weighted by Crippen LogP contribution is 3.02. The van der Waals surface area contributed by atoms with Gasteiger partial charge in [-0.2, -0.15) is 0 Å². The Labute approximate surface area is 180 Å². The third-order valence-electron chi connectivity index (χ3n) is 5.41. The van der Waals surface area contributed by atoms with Crippen molar-refractivity contribution in [3.63, 3.8) is 0 Å². The standard InChI is InChI=1S/C20H21F5N4O2S/c1-12(14-5-4-6-15(7-14)32(21,22,23,24)25)26-19-16-9-29(20(3)10-31-11-20)18(30)8-17(16)27-13(2)28-19/h4-9,12H,10-11H2,1-3H3,(H,26,27,28). The zero-order valence-corrected chi connectivity index (χ0v) is 18.2. The Bertz CT molecular complexity index is 1290. The van der Waals surface area contributed by atoms with Crippen LogP contribution in [0.1, 0.15) is 31.3 Å². The molecule has 3 aromatic rings. The normalized spacial score (nSPS) is 19.0. The van der Waals surface area contributed by atoms with E-state index in [9.17, 15) is 24.2 Å². The molecule has 1 fully saturated rings. The Morgan fingerprint density at radius 3 is 2.44 bits per heavy atom. The summed E-state index contributed by atoms with van der Waals surface area (Å²) < 4.78 is 72.9. The highest BCUT2D eigenvalue weighted by Gasteiger charge is 2.65. The van der Waals surface area contributed by atoms with Crippen molar-refractivity contribution in [2.45, 2.75) is 37.2 Å². The molecule has 174 valence electrons. The fourth-order valence-electron chi connectivity index (χ4n) is 3.60. The zero-order valence-electron chi connectivity index (χ0n) is 17.4. The minimum atomic E-state index is -9.81. The summed E-state index contributed by atoms with van der Waals surface area (Å²) in [5, 5.41) is 3.45. The molecule has 1 unspecified atom stereocenters. The van der Waals surface area contributed by atoms with Crippen molar-refractivity contribution in [1.29, 1.82) is 0 Å². The molecule has 0 radical (unpaired) electrons. The molecule has 32 heavy (non-hydrogen) atoms. The summed E-state index contributed by atoms with van der Waals surface area (Å²) in [5.41, 5.74) is -0.440. The molecule has 4 rings (SSSR count). The van der Waals surface area contributed by atoms with Crippen LogP contribution in [0.15, 0.2) is 46.2 Å². The number of aryl methyl sites for hydroxylation is 1. The molecule has 1 aromatic carbocycles. The molecule has 0 saturated carbocycles. The second-order valence-corrected chi connectivity index (χ2v) is 10.7. The van der Waals surface area contributed by atoms with E-state index >= 15 is 0 Å². The van der Waals surface area contributed by atoms with Gasteiger partial charge < -0.3 is 14.6 Å². The molecular weight excluding hydrogens is 455 g/mol. The lowest BCUT2D eigenvalue weighted by atomic mass is 10.00. The number of rotatable bonds is 5. The van der Waals surface area contributed by atoms with E-state index in [1.807, 2.05) is 6.92 Å². The van der Waals surface area contributed by atoms with Gasteiger partial charge in [0.05, 0.1) is 35.7 Å². The summed E-state index contributed by atoms with van der Waals surface area (Å²) in [4.78, 5) is 19.2. The van der Waals surface area contributed by atoms with Gasteiger partial charge in [-0.25, -0.2) is 9.97 Å². The minimum absolute atomic E-state index is 0.00726. The maximum atomic E-state index is 13.2. The molecule has 2 aromatic heterocycles. The fourth-order valence-corrected chi connectivity index (χ4v) is 4.29. The van der Waals surface area contributed by atoms with Crippen LogP contribution in [0.5, 0.6) is 0 Å². The molecule has 6 nitrogen and oxygen atoms in total. The molecule has 1 atom stereocenters. The van der Waals surface area contributed by atoms with Crippen LogP contribution >= 0.6 is 10.2 Å². The van der Waals surface area contributed by atoms with Gasteiger partial charge in [0.25, 0.3) is 5.56 Å². The van der Waals surface area contributed by atoms with Gasteiger partial charge in [0.1, 0.15) is 16.5 Å². The first kappa shape index (κ1) is 22.5. The van der Waals surface area contributed by atoms with Crippen LogP contribution in [0.4, 0.5) is 25.2 Å². The van der Waals surface area contributed by atoms with Crippen molar-refractivity contribution in [2.75, 3.05) is 18.5 Å². The fraction of sp³-hybridized carbons (Fsp3) is 0.350. The van der Waals surface area contributed by atoms with Crippen molar-refractivity contribution in [3.8, 4) is 0 Å². The number of anilines is 1. The molecule has 12 heteroatoms. The number of hydrogen-bond donors (Lipinski definition) is 1. The van der Waals surface area contributed by atoms with Crippen molar-refractivity contribution >= 4 is 26.9 Å². The number of ether oxygens (including phenoxy) is 1. The first-order chi connectivity index (χ1) is 14.6. The van der Waals surface area contributed by atoms with Crippen molar-refractivity contribution in [1.82, 2.24) is 14.5 Å². The Morgan fingerprint density at radius 1 is 1.16 bits per heavy atom. The number of nitrogens with zero attached hydrogens (tertiary/aromatic N) is 3. The van der Waals surface area contributed by atoms with Gasteiger partial charge in [0.15, 0.2) is 0 Å². The molecule has 0 amide bonds. The third-order valence-corrected chi connectivity index (χ3v) is 6.55. The molecule has 3 heterocycles. The highest BCUT2D eigenvalue weighted by molar-refractivity contribution is 8.45. The van der Waals surface area contributed by atoms with Crippen molar-refractivity contribution < 1.29 is 24.2 Å². The largest absolute Gasteiger partial charge is 0.376 e. The van der Waals surface area contributed by atoms with E-state index in [1.165, 1.54) is 23.6 Å². The van der Waals surface area contributed by atoms with E-state index in [0.29, 0.717) is 42.1 Å². The van der Waals surface area contributed by atoms with Gasteiger partial charge in [0.2, 0.25) is 0 Å². The highest BCUT2D eigenvalue weighted by atomic mass is 32.5. The summed E-state index contributed by atoms with van der Waals surface area (Å²) in [7, 11) is -9.81. The van der Waals surface area contributed by atoms with Gasteiger partial charge >= 0.3 is 10.2 Å². The van der Waals surface area contributed by atoms with Crippen LogP contribution in [0.2, 0.25) is 0 Å². The van der Waals surface area contributed by atoms with E-state index in [1.54, 1.807) is 13.1 Å². The van der Waals surface area contributed by atoms with E-state index in [0.717, 1.165) is 6.07 Å². The van der Waals surface area contributed by atoms with Crippen LogP contribution in [0, 0.1) is 6.92 Å². The van der Waals surface area contributed by atoms with Gasteiger partial charge in [-0.15, -0.1) is 0 Å². The smallest absolute Gasteiger partial charge is 0.310 e. The number of benzene rings is 1. The topological polar surface area (TPSA) is 69.0 Å². The maximum absolute atomic E-state index is 13.2. The third kappa shape index (κ3) is 4.16. The predicted octanol–water partition coefficient (Wildman–Crippen LogP) is 5.68. The number of nitrogens with one attached hydrogen (secondary N) is 1. The number of aromatic nitrogens is 3. The summed E-state index contributed by atoms with van der Waals surface area (Å²) in [5.74, 6) is 0.610. The van der Waals surface area contributed by atoms with Crippen LogP contribution < -0.4 is 10.9 Å². The maximum Gasteiger partial charge on any atom is 0.310 e. The first-order valence-electron chi connectivity index (χ1n) is 9.66. The van der Waals surface area contributed by atoms with E-state index in [4.69, 9.17) is 4.74 Å². The lowest BCUT2D eigenvalue weighted by Gasteiger charge is -2.40. The van der Waals surface area contributed by atoms with Crippen LogP contribution in [-0.2, 0) is 10.3 Å². The summed E-state index contributed by atoms with van der Waals surface area (Å²) in [6.07, 6.45) is 1.58. The molecular formula is C20H21F5N4O2S. The molecule has 0 spiro atoms. The molecule has 1 aliphatic rings. The average molecular weight is 476 g/mol. The molecule has 0 aliphatic carbocycles. The number of pyridine rings is 1. The lowest BCUT2D eigenvalue weighted by Crippen LogP contribution is -2.53. The first-order valence-corrected chi connectivity index (χ1v) is 11.6. The quantitative estimate of drug-likeness (QED) is 0.480. The number of fused-ring (bicyclic) bond motifs is 1. The predicted molar refractivity (Wildman–Crippen MR) is 113 cm³/mol. The van der Waals surface area contributed by atoms with Gasteiger partial charge in [-0.1, -0.05) is 31.6 Å². The van der Waals surface area contributed by atoms with Crippen LogP contribution in [0.25, 0.3) is 10.9 Å². The van der Waals surface area contributed by atoms with Crippen LogP contribution in [-0.4, -0.2) is 27.7 Å². The molecule has 1 N–H and O–H groups in total. The minimum Gasteiger partial charge on any atom is -0.376 e. The van der Waals surface area contributed by atoms with Gasteiger partial charge in [-0.3, -0.25) is 4.79 Å². The second kappa shape index (κ2) is 6.41. The number of halogens is 5. The van der Waals surface area contributed by atoms with E-state index in [2.05, 4.69) is 15.3 Å². The molecule has 0 bridgehead atoms. The van der Waals surface area contributed by atoms with Gasteiger partial charge in [-0.05, 0) is 38.5 Å². The van der Waals surface area contributed by atoms with Crippen LogP contribution in [0.3, 0.4) is 0 Å². The Morgan fingerprint density at radius 2 is 1.84 bits per heavy atom. The summed E-state index contributed by atoms with van der Waals surface area (Å²) in [6, 6.07) is 3.64. The van der Waals surface area contributed by atoms with Gasteiger partial charge in [0, 0.05) is 12.3 Å². The molecule has 1 saturated heterocycles. The monoisotopic (exact) mass is 476 g/mol. The SMILES string of the molecule is Cc1nc(NC(C)c2cccc(S(F)(F)(F)(F)F)c2)c2cn(C3(C)COC3)c(=O)cc2n1. The van der Waals surface area contributed by atoms with Crippen molar-refractivity contribution in [3.05, 3.63) is 58.3 Å². The van der Waals surface area contributed by atoms with E-state index in [-0.39, 0.29) is 16.9 Å². The summed E-state index contributed by atoms with van der Waals surface area (Å²) in [6.45, 7) is 5.71. The average Bonchev–Trinajstić information content (AvgIpc) is 2.64. The van der Waals surface area contributed by atoms with Crippen molar-refractivity contribution in [2.24, 2.45) is 0 Å². The Balaban J connectivity index is 1.76. The second-order valence-electron chi connectivity index (χ2n) is 8.30. The lowest BCUT2D eigenvalue weighted by molar-refractivity contribution is -0.0912. The Hall–Kier alpha value is -2.73. The Kier molecular flexibility index (Phi) is 4.50. The number of hydrogen-bond acceptors (Lipinski definition) is 5. The zero-order chi connectivity index (χ0) is 23.6. The van der Waals surface area contributed by atoms with E-state index < -0.39 is 26.7 Å². The summed E-state index contributed by atoms with van der Waals surface area (Å²) >= 11 is 0. The molecule has 1 aliphatic heterocycles.